The molecular weight excluding hydrogens is 166 g/mol. The molecule has 1 aromatic rings. The van der Waals surface area contributed by atoms with E-state index in [2.05, 4.69) is 5.48 Å². The van der Waals surface area contributed by atoms with E-state index in [0.29, 0.717) is 6.41 Å². The summed E-state index contributed by atoms with van der Waals surface area (Å²) in [5.74, 6) is 0. The third-order valence-electron chi connectivity index (χ3n) is 1.83. The van der Waals surface area contributed by atoms with Crippen molar-refractivity contribution in [3.63, 3.8) is 0 Å². The SMILES string of the molecule is CC(C)(ONC=O)c1ccccc1. The first kappa shape index (κ1) is 9.74. The smallest absolute Gasteiger partial charge is 0.230 e. The Labute approximate surface area is 77.7 Å². The molecule has 0 bridgehead atoms. The largest absolute Gasteiger partial charge is 0.277 e. The Bertz CT molecular complexity index is 270. The second-order valence-corrected chi connectivity index (χ2v) is 3.21. The maximum atomic E-state index is 10.0. The lowest BCUT2D eigenvalue weighted by atomic mass is 9.99. The minimum absolute atomic E-state index is 0.498. The summed E-state index contributed by atoms with van der Waals surface area (Å²) in [7, 11) is 0. The molecule has 1 aromatic carbocycles. The Morgan fingerprint density at radius 1 is 1.31 bits per heavy atom. The van der Waals surface area contributed by atoms with E-state index in [4.69, 9.17) is 4.84 Å². The van der Waals surface area contributed by atoms with Crippen molar-refractivity contribution in [2.24, 2.45) is 0 Å². The fraction of sp³-hybridized carbons (Fsp3) is 0.300. The zero-order valence-corrected chi connectivity index (χ0v) is 7.78. The summed E-state index contributed by atoms with van der Waals surface area (Å²) in [5.41, 5.74) is 2.73. The van der Waals surface area contributed by atoms with E-state index in [1.54, 1.807) is 0 Å². The number of amides is 1. The molecule has 0 aliphatic rings. The van der Waals surface area contributed by atoms with Crippen molar-refractivity contribution >= 4 is 6.41 Å². The van der Waals surface area contributed by atoms with Gasteiger partial charge in [0, 0.05) is 0 Å². The fourth-order valence-corrected chi connectivity index (χ4v) is 1.07. The average Bonchev–Trinajstić information content (AvgIpc) is 2.16. The summed E-state index contributed by atoms with van der Waals surface area (Å²) in [6.07, 6.45) is 0.519. The van der Waals surface area contributed by atoms with Crippen LogP contribution in [0.25, 0.3) is 0 Å². The highest BCUT2D eigenvalue weighted by atomic mass is 16.7. The normalized spacial score (nSPS) is 10.9. The van der Waals surface area contributed by atoms with Gasteiger partial charge in [-0.05, 0) is 19.4 Å². The number of benzene rings is 1. The number of carbonyl (C=O) groups is 1. The summed E-state index contributed by atoms with van der Waals surface area (Å²) in [5, 5.41) is 0. The predicted octanol–water partition coefficient (Wildman–Crippen LogP) is 1.60. The Kier molecular flexibility index (Phi) is 3.03. The molecule has 0 fully saturated rings. The minimum atomic E-state index is -0.498. The van der Waals surface area contributed by atoms with E-state index >= 15 is 0 Å². The number of carbonyl (C=O) groups excluding carboxylic acids is 1. The van der Waals surface area contributed by atoms with Crippen molar-refractivity contribution in [3.8, 4) is 0 Å². The van der Waals surface area contributed by atoms with Crippen molar-refractivity contribution in [2.45, 2.75) is 19.4 Å². The van der Waals surface area contributed by atoms with E-state index in [0.717, 1.165) is 5.56 Å². The van der Waals surface area contributed by atoms with Crippen LogP contribution in [-0.4, -0.2) is 6.41 Å². The monoisotopic (exact) mass is 179 g/mol. The molecule has 0 saturated heterocycles. The van der Waals surface area contributed by atoms with Gasteiger partial charge in [0.15, 0.2) is 0 Å². The molecule has 0 aliphatic carbocycles. The second kappa shape index (κ2) is 4.05. The van der Waals surface area contributed by atoms with Crippen LogP contribution in [0.2, 0.25) is 0 Å². The summed E-state index contributed by atoms with van der Waals surface area (Å²) in [6, 6.07) is 9.70. The molecule has 0 saturated carbocycles. The van der Waals surface area contributed by atoms with E-state index in [9.17, 15) is 4.79 Å². The highest BCUT2D eigenvalue weighted by molar-refractivity contribution is 5.44. The molecule has 3 heteroatoms. The van der Waals surface area contributed by atoms with Crippen LogP contribution < -0.4 is 5.48 Å². The molecule has 0 radical (unpaired) electrons. The van der Waals surface area contributed by atoms with Gasteiger partial charge in [0.25, 0.3) is 0 Å². The summed E-state index contributed by atoms with van der Waals surface area (Å²) >= 11 is 0. The zero-order chi connectivity index (χ0) is 9.73. The first-order valence-corrected chi connectivity index (χ1v) is 4.09. The van der Waals surface area contributed by atoms with Crippen LogP contribution in [0.4, 0.5) is 0 Å². The van der Waals surface area contributed by atoms with Gasteiger partial charge in [-0.25, -0.2) is 5.48 Å². The van der Waals surface area contributed by atoms with E-state index in [1.165, 1.54) is 0 Å². The van der Waals surface area contributed by atoms with Gasteiger partial charge >= 0.3 is 0 Å². The van der Waals surface area contributed by atoms with Gasteiger partial charge in [-0.15, -0.1) is 0 Å². The number of rotatable bonds is 4. The van der Waals surface area contributed by atoms with Crippen LogP contribution in [0.3, 0.4) is 0 Å². The van der Waals surface area contributed by atoms with Crippen LogP contribution in [0.5, 0.6) is 0 Å². The van der Waals surface area contributed by atoms with Crippen LogP contribution in [0, 0.1) is 0 Å². The molecule has 0 unspecified atom stereocenters. The highest BCUT2D eigenvalue weighted by Crippen LogP contribution is 2.22. The Hall–Kier alpha value is -1.35. The first-order chi connectivity index (χ1) is 6.17. The van der Waals surface area contributed by atoms with Gasteiger partial charge in [-0.1, -0.05) is 30.3 Å². The van der Waals surface area contributed by atoms with Crippen molar-refractivity contribution in [1.29, 1.82) is 0 Å². The van der Waals surface area contributed by atoms with Gasteiger partial charge in [0.2, 0.25) is 6.41 Å². The molecule has 70 valence electrons. The Balaban J connectivity index is 2.74. The Morgan fingerprint density at radius 3 is 2.46 bits per heavy atom. The molecule has 1 N–H and O–H groups in total. The topological polar surface area (TPSA) is 38.3 Å². The van der Waals surface area contributed by atoms with Gasteiger partial charge in [0.1, 0.15) is 5.60 Å². The lowest BCUT2D eigenvalue weighted by Gasteiger charge is -2.23. The lowest BCUT2D eigenvalue weighted by molar-refractivity contribution is -0.136. The van der Waals surface area contributed by atoms with Crippen LogP contribution in [-0.2, 0) is 15.2 Å². The molecule has 0 aromatic heterocycles. The molecule has 0 atom stereocenters. The molecule has 0 aliphatic heterocycles. The lowest BCUT2D eigenvalue weighted by Crippen LogP contribution is -2.29. The van der Waals surface area contributed by atoms with Crippen LogP contribution >= 0.6 is 0 Å². The Morgan fingerprint density at radius 2 is 1.92 bits per heavy atom. The van der Waals surface area contributed by atoms with Crippen molar-refractivity contribution in [2.75, 3.05) is 0 Å². The quantitative estimate of drug-likeness (QED) is 0.563. The molecular formula is C10H13NO2. The van der Waals surface area contributed by atoms with E-state index < -0.39 is 5.60 Å². The third-order valence-corrected chi connectivity index (χ3v) is 1.83. The van der Waals surface area contributed by atoms with Crippen LogP contribution in [0.15, 0.2) is 30.3 Å². The van der Waals surface area contributed by atoms with E-state index in [-0.39, 0.29) is 0 Å². The number of hydrogen-bond acceptors (Lipinski definition) is 2. The van der Waals surface area contributed by atoms with Crippen molar-refractivity contribution in [1.82, 2.24) is 5.48 Å². The summed E-state index contributed by atoms with van der Waals surface area (Å²) < 4.78 is 0. The molecule has 0 spiro atoms. The molecule has 3 nitrogen and oxygen atoms in total. The number of nitrogens with one attached hydrogen (secondary N) is 1. The number of hydrogen-bond donors (Lipinski definition) is 1. The van der Waals surface area contributed by atoms with Gasteiger partial charge in [-0.3, -0.25) is 9.63 Å². The second-order valence-electron chi connectivity index (χ2n) is 3.21. The molecule has 0 heterocycles. The minimum Gasteiger partial charge on any atom is -0.277 e. The van der Waals surface area contributed by atoms with Crippen molar-refractivity contribution < 1.29 is 9.63 Å². The third kappa shape index (κ3) is 2.56. The fourth-order valence-electron chi connectivity index (χ4n) is 1.07. The zero-order valence-electron chi connectivity index (χ0n) is 7.78. The maximum Gasteiger partial charge on any atom is 0.230 e. The first-order valence-electron chi connectivity index (χ1n) is 4.09. The highest BCUT2D eigenvalue weighted by Gasteiger charge is 2.20. The summed E-state index contributed by atoms with van der Waals surface area (Å²) in [4.78, 5) is 15.2. The molecule has 1 amide bonds. The maximum absolute atomic E-state index is 10.0. The van der Waals surface area contributed by atoms with Gasteiger partial charge < -0.3 is 0 Å². The molecule has 13 heavy (non-hydrogen) atoms. The van der Waals surface area contributed by atoms with Gasteiger partial charge in [0.05, 0.1) is 0 Å². The van der Waals surface area contributed by atoms with Crippen molar-refractivity contribution in [3.05, 3.63) is 35.9 Å². The predicted molar refractivity (Wildman–Crippen MR) is 49.8 cm³/mol. The van der Waals surface area contributed by atoms with Crippen LogP contribution in [0.1, 0.15) is 19.4 Å². The average molecular weight is 179 g/mol. The summed E-state index contributed by atoms with van der Waals surface area (Å²) in [6.45, 7) is 3.78. The standard InChI is InChI=1S/C10H13NO2/c1-10(2,13-11-8-12)9-6-4-3-5-7-9/h3-8H,1-2H3,(H,11,12). The van der Waals surface area contributed by atoms with E-state index in [1.807, 2.05) is 44.2 Å². The number of hydroxylamine groups is 1. The van der Waals surface area contributed by atoms with Gasteiger partial charge in [-0.2, -0.15) is 0 Å². The molecule has 1 rings (SSSR count).